The van der Waals surface area contributed by atoms with Crippen LogP contribution >= 0.6 is 11.3 Å². The molecule has 0 aliphatic carbocycles. The van der Waals surface area contributed by atoms with Crippen molar-refractivity contribution in [1.82, 2.24) is 9.47 Å². The maximum absolute atomic E-state index is 13.0. The Kier molecular flexibility index (Phi) is 5.58. The van der Waals surface area contributed by atoms with Crippen molar-refractivity contribution < 1.29 is 9.53 Å². The molecule has 1 aromatic carbocycles. The molecular weight excluding hydrogens is 336 g/mol. The second-order valence-electron chi connectivity index (χ2n) is 6.45. The highest BCUT2D eigenvalue weighted by atomic mass is 32.1. The summed E-state index contributed by atoms with van der Waals surface area (Å²) in [6, 6.07) is 8.02. The fourth-order valence-electron chi connectivity index (χ4n) is 3.40. The predicted molar refractivity (Wildman–Crippen MR) is 99.2 cm³/mol. The van der Waals surface area contributed by atoms with E-state index in [4.69, 9.17) is 4.74 Å². The molecule has 1 aliphatic heterocycles. The number of aromatic nitrogens is 1. The second-order valence-corrected chi connectivity index (χ2v) is 7.28. The topological polar surface area (TPSA) is 51.5 Å². The van der Waals surface area contributed by atoms with E-state index in [1.165, 1.54) is 0 Å². The van der Waals surface area contributed by atoms with Gasteiger partial charge in [-0.2, -0.15) is 0 Å². The summed E-state index contributed by atoms with van der Waals surface area (Å²) in [6.45, 7) is 2.74. The Balaban J connectivity index is 1.84. The Morgan fingerprint density at radius 3 is 2.64 bits per heavy atom. The molecule has 1 atom stereocenters. The maximum Gasteiger partial charge on any atom is 0.307 e. The van der Waals surface area contributed by atoms with Gasteiger partial charge >= 0.3 is 4.87 Å². The lowest BCUT2D eigenvalue weighted by Crippen LogP contribution is -2.38. The molecule has 0 unspecified atom stereocenters. The van der Waals surface area contributed by atoms with Crippen LogP contribution in [-0.2, 0) is 11.3 Å². The van der Waals surface area contributed by atoms with Crippen LogP contribution < -0.4 is 9.61 Å². The number of thiazole rings is 1. The smallest absolute Gasteiger partial charge is 0.307 e. The molecule has 134 valence electrons. The highest BCUT2D eigenvalue weighted by Crippen LogP contribution is 2.31. The average Bonchev–Trinajstić information content (AvgIpc) is 2.83. The summed E-state index contributed by atoms with van der Waals surface area (Å²) in [6.07, 6.45) is 4.21. The first-order valence-electron chi connectivity index (χ1n) is 8.68. The maximum atomic E-state index is 13.0. The number of rotatable bonds is 4. The molecule has 1 aromatic heterocycles. The lowest BCUT2D eigenvalue weighted by molar-refractivity contribution is -0.134. The van der Waals surface area contributed by atoms with Gasteiger partial charge in [0.1, 0.15) is 12.3 Å². The van der Waals surface area contributed by atoms with Gasteiger partial charge in [-0.15, -0.1) is 0 Å². The van der Waals surface area contributed by atoms with Crippen LogP contribution in [0, 0.1) is 6.92 Å². The third kappa shape index (κ3) is 3.95. The van der Waals surface area contributed by atoms with Crippen molar-refractivity contribution in [2.75, 3.05) is 13.7 Å². The van der Waals surface area contributed by atoms with E-state index in [0.717, 1.165) is 60.6 Å². The number of methoxy groups -OCH3 is 1. The molecule has 0 spiro atoms. The molecule has 3 rings (SSSR count). The zero-order chi connectivity index (χ0) is 17.8. The molecule has 6 heteroatoms. The number of hydrogen-bond donors (Lipinski definition) is 0. The molecule has 1 aliphatic rings. The molecule has 1 saturated heterocycles. The highest BCUT2D eigenvalue weighted by Gasteiger charge is 2.27. The molecule has 0 saturated carbocycles. The molecule has 1 amide bonds. The minimum atomic E-state index is -0.0679. The third-order valence-corrected chi connectivity index (χ3v) is 5.72. The van der Waals surface area contributed by atoms with E-state index in [9.17, 15) is 9.59 Å². The Hall–Kier alpha value is -2.08. The van der Waals surface area contributed by atoms with Crippen LogP contribution in [-0.4, -0.2) is 29.0 Å². The summed E-state index contributed by atoms with van der Waals surface area (Å²) < 4.78 is 6.81. The summed E-state index contributed by atoms with van der Waals surface area (Å²) in [5, 5.41) is 1.80. The Labute approximate surface area is 151 Å². The lowest BCUT2D eigenvalue weighted by Gasteiger charge is -2.31. The van der Waals surface area contributed by atoms with Crippen molar-refractivity contribution in [2.45, 2.75) is 45.2 Å². The Morgan fingerprint density at radius 2 is 2.00 bits per heavy atom. The van der Waals surface area contributed by atoms with E-state index in [1.807, 2.05) is 36.1 Å². The van der Waals surface area contributed by atoms with Gasteiger partial charge in [0, 0.05) is 17.6 Å². The molecule has 5 nitrogen and oxygen atoms in total. The highest BCUT2D eigenvalue weighted by molar-refractivity contribution is 7.07. The summed E-state index contributed by atoms with van der Waals surface area (Å²) in [4.78, 5) is 26.8. The van der Waals surface area contributed by atoms with Gasteiger partial charge < -0.3 is 9.64 Å². The number of hydrogen-bond acceptors (Lipinski definition) is 4. The fourth-order valence-corrected chi connectivity index (χ4v) is 4.14. The van der Waals surface area contributed by atoms with Crippen molar-refractivity contribution in [3.05, 3.63) is 50.6 Å². The number of carbonyl (C=O) groups is 1. The van der Waals surface area contributed by atoms with Gasteiger partial charge in [-0.25, -0.2) is 0 Å². The number of carbonyl (C=O) groups excluding carboxylic acids is 1. The predicted octanol–water partition coefficient (Wildman–Crippen LogP) is 3.37. The monoisotopic (exact) mass is 360 g/mol. The zero-order valence-electron chi connectivity index (χ0n) is 14.7. The third-order valence-electron chi connectivity index (χ3n) is 4.84. The average molecular weight is 360 g/mol. The van der Waals surface area contributed by atoms with Gasteiger partial charge in [-0.05, 0) is 37.5 Å². The van der Waals surface area contributed by atoms with Crippen LogP contribution in [0.25, 0.3) is 0 Å². The van der Waals surface area contributed by atoms with Crippen molar-refractivity contribution >= 4 is 17.2 Å². The minimum Gasteiger partial charge on any atom is -0.497 e. The minimum absolute atomic E-state index is 0.0197. The van der Waals surface area contributed by atoms with Crippen LogP contribution in [0.1, 0.15) is 43.0 Å². The normalized spacial score (nSPS) is 18.0. The van der Waals surface area contributed by atoms with Gasteiger partial charge in [0.25, 0.3) is 0 Å². The van der Waals surface area contributed by atoms with Gasteiger partial charge in [0.15, 0.2) is 0 Å². The van der Waals surface area contributed by atoms with E-state index in [1.54, 1.807) is 17.1 Å². The quantitative estimate of drug-likeness (QED) is 0.840. The summed E-state index contributed by atoms with van der Waals surface area (Å²) in [7, 11) is 1.65. The molecule has 0 bridgehead atoms. The first-order valence-corrected chi connectivity index (χ1v) is 9.56. The van der Waals surface area contributed by atoms with Crippen molar-refractivity contribution in [2.24, 2.45) is 0 Å². The zero-order valence-corrected chi connectivity index (χ0v) is 15.6. The first kappa shape index (κ1) is 17.7. The molecule has 2 heterocycles. The SMILES string of the molecule is COc1ccc([C@H]2CCCCCN2C(=O)Cn2c(C)csc2=O)cc1. The molecule has 0 radical (unpaired) electrons. The van der Waals surface area contributed by atoms with Crippen molar-refractivity contribution in [3.8, 4) is 5.75 Å². The van der Waals surface area contributed by atoms with Gasteiger partial charge in [-0.1, -0.05) is 36.3 Å². The van der Waals surface area contributed by atoms with Gasteiger partial charge in [-0.3, -0.25) is 14.2 Å². The van der Waals surface area contributed by atoms with Crippen molar-refractivity contribution in [1.29, 1.82) is 0 Å². The second kappa shape index (κ2) is 7.87. The summed E-state index contributed by atoms with van der Waals surface area (Å²) in [5.74, 6) is 0.835. The van der Waals surface area contributed by atoms with E-state index in [2.05, 4.69) is 0 Å². The Morgan fingerprint density at radius 1 is 1.24 bits per heavy atom. The van der Waals surface area contributed by atoms with E-state index in [0.29, 0.717) is 0 Å². The summed E-state index contributed by atoms with van der Waals surface area (Å²) >= 11 is 1.15. The van der Waals surface area contributed by atoms with Crippen LogP contribution in [0.3, 0.4) is 0 Å². The number of ether oxygens (including phenoxy) is 1. The van der Waals surface area contributed by atoms with Crippen LogP contribution in [0.2, 0.25) is 0 Å². The fraction of sp³-hybridized carbons (Fsp3) is 0.474. The number of likely N-dealkylation sites (tertiary alicyclic amines) is 1. The standard InChI is InChI=1S/C19H24N2O3S/c1-14-13-25-19(23)21(14)12-18(22)20-11-5-3-4-6-17(20)15-7-9-16(24-2)10-8-15/h7-10,13,17H,3-6,11-12H2,1-2H3/t17-/m1/s1. The first-order chi connectivity index (χ1) is 12.1. The van der Waals surface area contributed by atoms with E-state index >= 15 is 0 Å². The van der Waals surface area contributed by atoms with Crippen LogP contribution in [0.4, 0.5) is 0 Å². The number of amides is 1. The number of aryl methyl sites for hydroxylation is 1. The summed E-state index contributed by atoms with van der Waals surface area (Å²) in [5.41, 5.74) is 1.98. The molecule has 2 aromatic rings. The van der Waals surface area contributed by atoms with Crippen LogP contribution in [0.15, 0.2) is 34.4 Å². The Bertz CT molecular complexity index is 779. The molecule has 25 heavy (non-hydrogen) atoms. The lowest BCUT2D eigenvalue weighted by atomic mass is 10.0. The number of nitrogens with zero attached hydrogens (tertiary/aromatic N) is 2. The van der Waals surface area contributed by atoms with Gasteiger partial charge in [0.05, 0.1) is 13.2 Å². The molecular formula is C19H24N2O3S. The van der Waals surface area contributed by atoms with Gasteiger partial charge in [0.2, 0.25) is 5.91 Å². The molecule has 0 N–H and O–H groups in total. The number of benzene rings is 1. The van der Waals surface area contributed by atoms with Crippen LogP contribution in [0.5, 0.6) is 5.75 Å². The van der Waals surface area contributed by atoms with E-state index < -0.39 is 0 Å². The van der Waals surface area contributed by atoms with E-state index in [-0.39, 0.29) is 23.4 Å². The van der Waals surface area contributed by atoms with Crippen molar-refractivity contribution in [3.63, 3.8) is 0 Å². The molecule has 1 fully saturated rings. The largest absolute Gasteiger partial charge is 0.497 e.